The smallest absolute Gasteiger partial charge is 0.188 e. The molecule has 4 aromatic heterocycles. The third-order valence-electron chi connectivity index (χ3n) is 12.0. The average Bonchev–Trinajstić information content (AvgIpc) is 3.95. The number of para-hydroxylation sites is 1. The van der Waals surface area contributed by atoms with Crippen molar-refractivity contribution >= 4 is 105 Å². The zero-order chi connectivity index (χ0) is 38.4. The lowest BCUT2D eigenvalue weighted by Gasteiger charge is -2.44. The zero-order valence-electron chi connectivity index (χ0n) is 31.1. The third-order valence-corrected chi connectivity index (χ3v) is 18.3. The van der Waals surface area contributed by atoms with Gasteiger partial charge in [0.15, 0.2) is 14.2 Å². The molecule has 0 fully saturated rings. The SMILES string of the molecule is FC(c1cccc(N2c3ccc4c(sc5ccccc54)c3[Si](c3ccccc3)(c3ccccc3)c3cccnc32)c1)c1ccc2c3ccccc3n3ccnc3c2c1. The van der Waals surface area contributed by atoms with Crippen LogP contribution in [0.2, 0.25) is 0 Å². The van der Waals surface area contributed by atoms with Crippen molar-refractivity contribution < 1.29 is 4.39 Å². The first-order valence-corrected chi connectivity index (χ1v) is 22.3. The number of fused-ring (bicyclic) bond motifs is 12. The summed E-state index contributed by atoms with van der Waals surface area (Å²) in [6.07, 6.45) is 4.31. The highest BCUT2D eigenvalue weighted by atomic mass is 32.1. The van der Waals surface area contributed by atoms with Gasteiger partial charge in [-0.05, 0) is 79.7 Å². The molecule has 4 nitrogen and oxygen atoms in total. The van der Waals surface area contributed by atoms with Crippen LogP contribution in [0.1, 0.15) is 17.3 Å². The van der Waals surface area contributed by atoms with Gasteiger partial charge in [-0.25, -0.2) is 14.4 Å². The molecule has 1 aliphatic heterocycles. The first-order chi connectivity index (χ1) is 28.7. The van der Waals surface area contributed by atoms with Crippen LogP contribution in [0.4, 0.5) is 21.6 Å². The second-order valence-electron chi connectivity index (χ2n) is 15.0. The van der Waals surface area contributed by atoms with Crippen molar-refractivity contribution in [2.75, 3.05) is 4.90 Å². The van der Waals surface area contributed by atoms with Crippen LogP contribution in [-0.4, -0.2) is 22.4 Å². The van der Waals surface area contributed by atoms with Gasteiger partial charge in [0.2, 0.25) is 0 Å². The molecular formula is C51H33FN4SSi. The lowest BCUT2D eigenvalue weighted by molar-refractivity contribution is 0.402. The summed E-state index contributed by atoms with van der Waals surface area (Å²) in [6.45, 7) is 0. The molecule has 5 heterocycles. The lowest BCUT2D eigenvalue weighted by atomic mass is 9.97. The Hall–Kier alpha value is -6.93. The van der Waals surface area contributed by atoms with Crippen LogP contribution in [0.3, 0.4) is 0 Å². The summed E-state index contributed by atoms with van der Waals surface area (Å²) in [4.78, 5) is 12.2. The summed E-state index contributed by atoms with van der Waals surface area (Å²) in [7, 11) is -3.00. The van der Waals surface area contributed by atoms with Gasteiger partial charge in [0.25, 0.3) is 0 Å². The Morgan fingerprint density at radius 2 is 1.28 bits per heavy atom. The molecule has 0 saturated carbocycles. The quantitative estimate of drug-likeness (QED) is 0.129. The predicted octanol–water partition coefficient (Wildman–Crippen LogP) is 10.6. The van der Waals surface area contributed by atoms with E-state index in [0.29, 0.717) is 11.1 Å². The van der Waals surface area contributed by atoms with Gasteiger partial charge in [0.05, 0.1) is 5.52 Å². The number of nitrogens with zero attached hydrogens (tertiary/aromatic N) is 4. The molecule has 0 saturated heterocycles. The van der Waals surface area contributed by atoms with E-state index in [1.807, 2.05) is 78.5 Å². The monoisotopic (exact) mass is 780 g/mol. The van der Waals surface area contributed by atoms with Gasteiger partial charge in [-0.1, -0.05) is 133 Å². The summed E-state index contributed by atoms with van der Waals surface area (Å²) >= 11 is 1.87. The van der Waals surface area contributed by atoms with Crippen molar-refractivity contribution in [3.05, 3.63) is 206 Å². The maximum Gasteiger partial charge on any atom is 0.188 e. The van der Waals surface area contributed by atoms with Crippen molar-refractivity contribution in [1.82, 2.24) is 14.4 Å². The van der Waals surface area contributed by atoms with E-state index in [4.69, 9.17) is 9.97 Å². The van der Waals surface area contributed by atoms with E-state index < -0.39 is 14.2 Å². The third kappa shape index (κ3) is 4.65. The van der Waals surface area contributed by atoms with Crippen LogP contribution >= 0.6 is 11.3 Å². The van der Waals surface area contributed by atoms with Crippen LogP contribution in [0.5, 0.6) is 0 Å². The predicted molar refractivity (Wildman–Crippen MR) is 242 cm³/mol. The van der Waals surface area contributed by atoms with E-state index in [-0.39, 0.29) is 0 Å². The summed E-state index contributed by atoms with van der Waals surface area (Å²) in [5, 5.41) is 10.8. The molecule has 0 amide bonds. The van der Waals surface area contributed by atoms with Gasteiger partial charge in [0, 0.05) is 60.9 Å². The van der Waals surface area contributed by atoms with E-state index in [1.54, 1.807) is 0 Å². The Bertz CT molecular complexity index is 3360. The van der Waals surface area contributed by atoms with Gasteiger partial charge in [-0.3, -0.25) is 9.30 Å². The van der Waals surface area contributed by atoms with Gasteiger partial charge in [-0.15, -0.1) is 11.3 Å². The fourth-order valence-corrected chi connectivity index (χ4v) is 16.5. The van der Waals surface area contributed by atoms with Crippen molar-refractivity contribution in [2.24, 2.45) is 0 Å². The number of imidazole rings is 1. The topological polar surface area (TPSA) is 33.4 Å². The fourth-order valence-electron chi connectivity index (χ4n) is 9.61. The van der Waals surface area contributed by atoms with Gasteiger partial charge < -0.3 is 0 Å². The molecule has 11 aromatic rings. The van der Waals surface area contributed by atoms with Crippen LogP contribution in [-0.2, 0) is 0 Å². The molecule has 0 aliphatic carbocycles. The molecule has 274 valence electrons. The highest BCUT2D eigenvalue weighted by molar-refractivity contribution is 7.31. The number of aromatic nitrogens is 3. The first-order valence-electron chi connectivity index (χ1n) is 19.5. The summed E-state index contributed by atoms with van der Waals surface area (Å²) in [5.74, 6) is 0.877. The van der Waals surface area contributed by atoms with Crippen molar-refractivity contribution in [2.45, 2.75) is 6.17 Å². The van der Waals surface area contributed by atoms with E-state index in [1.165, 1.54) is 40.9 Å². The Morgan fingerprint density at radius 3 is 2.10 bits per heavy atom. The van der Waals surface area contributed by atoms with Crippen molar-refractivity contribution in [3.63, 3.8) is 0 Å². The van der Waals surface area contributed by atoms with Crippen molar-refractivity contribution in [3.8, 4) is 0 Å². The number of thiophene rings is 1. The summed E-state index contributed by atoms with van der Waals surface area (Å²) in [5.41, 5.74) is 5.02. The molecule has 0 spiro atoms. The van der Waals surface area contributed by atoms with Crippen LogP contribution in [0.25, 0.3) is 47.5 Å². The van der Waals surface area contributed by atoms with Gasteiger partial charge in [-0.2, -0.15) is 0 Å². The molecule has 0 bridgehead atoms. The maximum absolute atomic E-state index is 17.2. The Labute approximate surface area is 338 Å². The van der Waals surface area contributed by atoms with Crippen LogP contribution < -0.4 is 25.6 Å². The fraction of sp³-hybridized carbons (Fsp3) is 0.0196. The van der Waals surface area contributed by atoms with E-state index in [9.17, 15) is 0 Å². The number of halogens is 1. The minimum absolute atomic E-state index is 0.583. The Kier molecular flexibility index (Phi) is 7.33. The highest BCUT2D eigenvalue weighted by Crippen LogP contribution is 2.44. The number of pyridine rings is 2. The molecule has 0 radical (unpaired) electrons. The van der Waals surface area contributed by atoms with Gasteiger partial charge >= 0.3 is 0 Å². The number of hydrogen-bond donors (Lipinski definition) is 0. The van der Waals surface area contributed by atoms with E-state index in [0.717, 1.165) is 44.5 Å². The first kappa shape index (κ1) is 33.2. The number of alkyl halides is 1. The highest BCUT2D eigenvalue weighted by Gasteiger charge is 2.51. The molecule has 1 aliphatic rings. The normalized spacial score (nSPS) is 14.0. The second kappa shape index (κ2) is 12.8. The van der Waals surface area contributed by atoms with Crippen LogP contribution in [0.15, 0.2) is 195 Å². The number of hydrogen-bond acceptors (Lipinski definition) is 4. The second-order valence-corrected chi connectivity index (χ2v) is 19.8. The Morgan fingerprint density at radius 1 is 0.552 bits per heavy atom. The standard InChI is InChI=1S/C51H33FN4SSi/c52-47(34-24-25-38-39-19-7-9-21-43(39)55-30-29-54-50(55)42(38)32-34)33-13-11-14-35(31-33)56-44-27-26-41-40-20-8-10-22-45(40)57-48(41)49(44)58(36-15-3-1-4-16-36,37-17-5-2-6-18-37)46-23-12-28-53-51(46)56/h1-32,47H. The minimum atomic E-state index is -3.00. The molecule has 0 N–H and O–H groups in total. The molecule has 7 heteroatoms. The minimum Gasteiger partial charge on any atom is -0.299 e. The number of benzene rings is 7. The summed E-state index contributed by atoms with van der Waals surface area (Å²) in [6, 6.07) is 62.0. The zero-order valence-corrected chi connectivity index (χ0v) is 32.9. The average molecular weight is 781 g/mol. The van der Waals surface area contributed by atoms with Gasteiger partial charge in [0.1, 0.15) is 11.5 Å². The molecule has 1 atom stereocenters. The lowest BCUT2D eigenvalue weighted by Crippen LogP contribution is -2.77. The van der Waals surface area contributed by atoms with E-state index in [2.05, 4.69) is 137 Å². The molecule has 1 unspecified atom stereocenters. The molecule has 12 rings (SSSR count). The molecular weight excluding hydrogens is 748 g/mol. The summed E-state index contributed by atoms with van der Waals surface area (Å²) < 4.78 is 21.9. The van der Waals surface area contributed by atoms with Crippen molar-refractivity contribution in [1.29, 1.82) is 0 Å². The molecule has 58 heavy (non-hydrogen) atoms. The number of anilines is 3. The van der Waals surface area contributed by atoms with Crippen LogP contribution in [0, 0.1) is 0 Å². The Balaban J connectivity index is 1.09. The number of rotatable bonds is 5. The van der Waals surface area contributed by atoms with E-state index >= 15 is 4.39 Å². The maximum atomic E-state index is 17.2. The largest absolute Gasteiger partial charge is 0.299 e. The molecule has 7 aromatic carbocycles.